The summed E-state index contributed by atoms with van der Waals surface area (Å²) in [5, 5.41) is 10.9. The molecule has 1 atom stereocenters. The van der Waals surface area contributed by atoms with E-state index in [1.807, 2.05) is 6.92 Å². The minimum atomic E-state index is -0.184. The van der Waals surface area contributed by atoms with Crippen LogP contribution in [0.1, 0.15) is 58.9 Å². The number of fused-ring (bicyclic) bond motifs is 1. The molecule has 0 saturated carbocycles. The third-order valence-corrected chi connectivity index (χ3v) is 5.66. The first-order valence-corrected chi connectivity index (χ1v) is 11.1. The van der Waals surface area contributed by atoms with Gasteiger partial charge in [-0.3, -0.25) is 19.5 Å². The van der Waals surface area contributed by atoms with Crippen molar-refractivity contribution in [1.82, 2.24) is 15.5 Å². The van der Waals surface area contributed by atoms with E-state index in [9.17, 15) is 9.59 Å². The highest BCUT2D eigenvalue weighted by Gasteiger charge is 2.34. The van der Waals surface area contributed by atoms with E-state index >= 15 is 0 Å². The zero-order valence-electron chi connectivity index (χ0n) is 17.4. The van der Waals surface area contributed by atoms with Crippen molar-refractivity contribution in [3.63, 3.8) is 0 Å². The summed E-state index contributed by atoms with van der Waals surface area (Å²) < 4.78 is 0. The second-order valence-corrected chi connectivity index (χ2v) is 7.90. The zero-order chi connectivity index (χ0) is 20.6. The third-order valence-electron chi connectivity index (χ3n) is 4.96. The average Bonchev–Trinajstić information content (AvgIpc) is 3.35. The van der Waals surface area contributed by atoms with Crippen LogP contribution in [0.3, 0.4) is 0 Å². The Labute approximate surface area is 199 Å². The van der Waals surface area contributed by atoms with Crippen molar-refractivity contribution in [3.05, 3.63) is 57.8 Å². The van der Waals surface area contributed by atoms with Gasteiger partial charge in [0.2, 0.25) is 0 Å². The van der Waals surface area contributed by atoms with Gasteiger partial charge in [0, 0.05) is 32.1 Å². The van der Waals surface area contributed by atoms with Crippen molar-refractivity contribution in [2.75, 3.05) is 26.2 Å². The molecule has 1 unspecified atom stereocenters. The van der Waals surface area contributed by atoms with Crippen LogP contribution >= 0.6 is 35.3 Å². The molecule has 0 fully saturated rings. The van der Waals surface area contributed by atoms with Crippen LogP contribution < -0.4 is 10.6 Å². The van der Waals surface area contributed by atoms with E-state index in [1.165, 1.54) is 10.5 Å². The summed E-state index contributed by atoms with van der Waals surface area (Å²) in [5.41, 5.74) is 2.34. The number of nitrogens with one attached hydrogen (secondary N) is 2. The third kappa shape index (κ3) is 6.04. The lowest BCUT2D eigenvalue weighted by Crippen LogP contribution is -2.38. The minimum Gasteiger partial charge on any atom is -0.357 e. The first-order valence-electron chi connectivity index (χ1n) is 10.1. The van der Waals surface area contributed by atoms with E-state index in [-0.39, 0.29) is 35.8 Å². The van der Waals surface area contributed by atoms with E-state index in [2.05, 4.69) is 39.4 Å². The van der Waals surface area contributed by atoms with Gasteiger partial charge in [0.05, 0.1) is 11.1 Å². The molecule has 0 bridgehead atoms. The van der Waals surface area contributed by atoms with Gasteiger partial charge in [-0.05, 0) is 54.3 Å². The van der Waals surface area contributed by atoms with Crippen LogP contribution in [0.25, 0.3) is 0 Å². The van der Waals surface area contributed by atoms with Gasteiger partial charge in [-0.25, -0.2) is 0 Å². The molecule has 1 aliphatic heterocycles. The summed E-state index contributed by atoms with van der Waals surface area (Å²) in [6, 6.07) is 9.15. The molecule has 30 heavy (non-hydrogen) atoms. The molecule has 2 heterocycles. The number of aliphatic imine (C=N–C) groups is 1. The van der Waals surface area contributed by atoms with Gasteiger partial charge < -0.3 is 10.6 Å². The number of unbranched alkanes of at least 4 members (excludes halogenated alkanes) is 1. The maximum absolute atomic E-state index is 12.4. The van der Waals surface area contributed by atoms with Gasteiger partial charge in [-0.15, -0.1) is 24.0 Å². The Balaban J connectivity index is 0.00000320. The van der Waals surface area contributed by atoms with Crippen molar-refractivity contribution in [3.8, 4) is 0 Å². The Kier molecular flexibility index (Phi) is 9.77. The molecule has 1 aromatic heterocycles. The number of carbonyl (C=O) groups is 2. The maximum atomic E-state index is 12.4. The SMILES string of the molecule is CCNC(=NCC(C)c1ccsc1)NCCCCN1C(=O)c2ccccc2C1=O.I. The number of hydrogen-bond acceptors (Lipinski definition) is 4. The average molecular weight is 540 g/mol. The fourth-order valence-corrected chi connectivity index (χ4v) is 4.06. The summed E-state index contributed by atoms with van der Waals surface area (Å²) >= 11 is 1.71. The largest absolute Gasteiger partial charge is 0.357 e. The van der Waals surface area contributed by atoms with Gasteiger partial charge >= 0.3 is 0 Å². The van der Waals surface area contributed by atoms with Crippen LogP contribution in [0.15, 0.2) is 46.1 Å². The second-order valence-electron chi connectivity index (χ2n) is 7.12. The highest BCUT2D eigenvalue weighted by atomic mass is 127. The maximum Gasteiger partial charge on any atom is 0.261 e. The van der Waals surface area contributed by atoms with Crippen molar-refractivity contribution in [1.29, 1.82) is 0 Å². The fourth-order valence-electron chi connectivity index (χ4n) is 3.27. The molecule has 0 aliphatic carbocycles. The Morgan fingerprint density at radius 1 is 1.10 bits per heavy atom. The van der Waals surface area contributed by atoms with E-state index in [0.717, 1.165) is 38.4 Å². The van der Waals surface area contributed by atoms with Crippen molar-refractivity contribution in [2.24, 2.45) is 4.99 Å². The van der Waals surface area contributed by atoms with Gasteiger partial charge in [0.25, 0.3) is 11.8 Å². The van der Waals surface area contributed by atoms with E-state index in [0.29, 0.717) is 23.6 Å². The predicted octanol–water partition coefficient (Wildman–Crippen LogP) is 4.10. The lowest BCUT2D eigenvalue weighted by molar-refractivity contribution is 0.0652. The number of nitrogens with zero attached hydrogens (tertiary/aromatic N) is 2. The Hall–Kier alpha value is -1.94. The molecular weight excluding hydrogens is 511 g/mol. The number of benzene rings is 1. The molecule has 2 aromatic rings. The molecule has 3 rings (SSSR count). The molecule has 6 nitrogen and oxygen atoms in total. The summed E-state index contributed by atoms with van der Waals surface area (Å²) in [6.45, 7) is 6.92. The summed E-state index contributed by atoms with van der Waals surface area (Å²) in [5.74, 6) is 0.813. The molecule has 0 spiro atoms. The van der Waals surface area contributed by atoms with E-state index < -0.39 is 0 Å². The van der Waals surface area contributed by atoms with Crippen molar-refractivity contribution in [2.45, 2.75) is 32.6 Å². The van der Waals surface area contributed by atoms with Gasteiger partial charge in [-0.1, -0.05) is 19.1 Å². The van der Waals surface area contributed by atoms with E-state index in [1.54, 1.807) is 35.6 Å². The van der Waals surface area contributed by atoms with Crippen LogP contribution in [0.2, 0.25) is 0 Å². The molecule has 0 radical (unpaired) electrons. The number of hydrogen-bond donors (Lipinski definition) is 2. The lowest BCUT2D eigenvalue weighted by Gasteiger charge is -2.15. The number of imide groups is 1. The quantitative estimate of drug-likeness (QED) is 0.165. The van der Waals surface area contributed by atoms with Gasteiger partial charge in [0.1, 0.15) is 0 Å². The van der Waals surface area contributed by atoms with Crippen molar-refractivity contribution < 1.29 is 9.59 Å². The number of halogens is 1. The molecular formula is C22H29IN4O2S. The molecule has 2 amide bonds. The number of rotatable bonds is 9. The first-order chi connectivity index (χ1) is 14.1. The predicted molar refractivity (Wildman–Crippen MR) is 133 cm³/mol. The van der Waals surface area contributed by atoms with Crippen LogP contribution in [0.4, 0.5) is 0 Å². The molecule has 162 valence electrons. The number of amides is 2. The zero-order valence-corrected chi connectivity index (χ0v) is 20.5. The summed E-state index contributed by atoms with van der Waals surface area (Å²) in [4.78, 5) is 30.8. The second kappa shape index (κ2) is 12.0. The standard InChI is InChI=1S/C22H28N4O2S.HI/c1-3-23-22(25-14-16(2)17-10-13-29-15-17)24-11-6-7-12-26-20(27)18-8-4-5-9-19(18)21(26)28;/h4-5,8-10,13,15-16H,3,6-7,11-12,14H2,1-2H3,(H2,23,24,25);1H. The van der Waals surface area contributed by atoms with Gasteiger partial charge in [-0.2, -0.15) is 11.3 Å². The van der Waals surface area contributed by atoms with Crippen LogP contribution in [0.5, 0.6) is 0 Å². The highest BCUT2D eigenvalue weighted by molar-refractivity contribution is 14.0. The Morgan fingerprint density at radius 2 is 1.80 bits per heavy atom. The van der Waals surface area contributed by atoms with Crippen molar-refractivity contribution >= 4 is 53.1 Å². The normalized spacial score (nSPS) is 14.3. The lowest BCUT2D eigenvalue weighted by atomic mass is 10.1. The topological polar surface area (TPSA) is 73.8 Å². The minimum absolute atomic E-state index is 0. The molecule has 0 saturated heterocycles. The Bertz CT molecular complexity index is 835. The summed E-state index contributed by atoms with van der Waals surface area (Å²) in [7, 11) is 0. The van der Waals surface area contributed by atoms with Crippen LogP contribution in [-0.4, -0.2) is 48.9 Å². The van der Waals surface area contributed by atoms with Gasteiger partial charge in [0.15, 0.2) is 5.96 Å². The fraction of sp³-hybridized carbons (Fsp3) is 0.409. The Morgan fingerprint density at radius 3 is 2.40 bits per heavy atom. The first kappa shape index (κ1) is 24.3. The molecule has 1 aliphatic rings. The number of carbonyl (C=O) groups excluding carboxylic acids is 2. The highest BCUT2D eigenvalue weighted by Crippen LogP contribution is 2.22. The number of thiophene rings is 1. The number of guanidine groups is 1. The van der Waals surface area contributed by atoms with Crippen LogP contribution in [0, 0.1) is 0 Å². The smallest absolute Gasteiger partial charge is 0.261 e. The van der Waals surface area contributed by atoms with Crippen LogP contribution in [-0.2, 0) is 0 Å². The molecule has 1 aromatic carbocycles. The van der Waals surface area contributed by atoms with E-state index in [4.69, 9.17) is 0 Å². The molecule has 2 N–H and O–H groups in total. The molecule has 8 heteroatoms. The monoisotopic (exact) mass is 540 g/mol. The summed E-state index contributed by atoms with van der Waals surface area (Å²) in [6.07, 6.45) is 1.60.